The molecular formula is C63H53N3S. The van der Waals surface area contributed by atoms with Gasteiger partial charge in [-0.05, 0) is 140 Å². The summed E-state index contributed by atoms with van der Waals surface area (Å²) in [5.74, 6) is 0. The highest BCUT2D eigenvalue weighted by Crippen LogP contribution is 2.63. The Balaban J connectivity index is 1.11. The minimum Gasteiger partial charge on any atom is -0.354 e. The zero-order valence-electron chi connectivity index (χ0n) is 38.9. The summed E-state index contributed by atoms with van der Waals surface area (Å²) in [5.41, 5.74) is 19.0. The van der Waals surface area contributed by atoms with Crippen LogP contribution in [0.5, 0.6) is 0 Å². The van der Waals surface area contributed by atoms with Crippen molar-refractivity contribution >= 4 is 67.7 Å². The summed E-state index contributed by atoms with van der Waals surface area (Å²) in [6.45, 7) is 13.7. The fourth-order valence-corrected chi connectivity index (χ4v) is 12.1. The van der Waals surface area contributed by atoms with Crippen molar-refractivity contribution in [3.8, 4) is 11.1 Å². The predicted octanol–water partition coefficient (Wildman–Crippen LogP) is 17.7. The number of para-hydroxylation sites is 1. The molecule has 0 unspecified atom stereocenters. The van der Waals surface area contributed by atoms with Crippen molar-refractivity contribution < 1.29 is 0 Å². The van der Waals surface area contributed by atoms with Gasteiger partial charge in [0.05, 0.1) is 16.8 Å². The lowest BCUT2D eigenvalue weighted by Gasteiger charge is -2.40. The Hall–Kier alpha value is -7.27. The van der Waals surface area contributed by atoms with Crippen LogP contribution in [0.4, 0.5) is 34.1 Å². The van der Waals surface area contributed by atoms with Crippen LogP contribution in [0.2, 0.25) is 0 Å². The van der Waals surface area contributed by atoms with Crippen LogP contribution in [0.3, 0.4) is 0 Å². The summed E-state index contributed by atoms with van der Waals surface area (Å²) in [4.78, 5) is 11.4. The third kappa shape index (κ3) is 6.48. The summed E-state index contributed by atoms with van der Waals surface area (Å²) in [5, 5.41) is 2.34. The van der Waals surface area contributed by atoms with Gasteiger partial charge in [-0.15, -0.1) is 0 Å². The molecule has 0 amide bonds. The molecule has 67 heavy (non-hydrogen) atoms. The average molecular weight is 884 g/mol. The molecule has 0 fully saturated rings. The first-order valence-electron chi connectivity index (χ1n) is 23.5. The Bertz CT molecular complexity index is 3410. The van der Waals surface area contributed by atoms with Crippen LogP contribution in [-0.4, -0.2) is 4.98 Å². The number of hydrogen-bond donors (Lipinski definition) is 1. The van der Waals surface area contributed by atoms with Crippen LogP contribution in [-0.2, 0) is 16.2 Å². The third-order valence-electron chi connectivity index (χ3n) is 14.2. The molecule has 1 aliphatic carbocycles. The topological polar surface area (TPSA) is 22.3 Å². The van der Waals surface area contributed by atoms with E-state index < -0.39 is 5.41 Å². The Kier molecular flexibility index (Phi) is 9.47. The maximum atomic E-state index is 3.90. The van der Waals surface area contributed by atoms with Gasteiger partial charge in [0.25, 0.3) is 0 Å². The van der Waals surface area contributed by atoms with Gasteiger partial charge in [-0.3, -0.25) is 0 Å². The van der Waals surface area contributed by atoms with Crippen molar-refractivity contribution in [2.75, 3.05) is 9.80 Å². The Morgan fingerprint density at radius 1 is 0.373 bits per heavy atom. The molecule has 4 heteroatoms. The number of rotatable bonds is 6. The van der Waals surface area contributed by atoms with E-state index in [1.54, 1.807) is 0 Å². The molecule has 2 aliphatic rings. The number of nitrogens with zero attached hydrogens (tertiary/aromatic N) is 2. The summed E-state index contributed by atoms with van der Waals surface area (Å²) in [7, 11) is 0. The van der Waals surface area contributed by atoms with E-state index in [0.29, 0.717) is 0 Å². The van der Waals surface area contributed by atoms with Crippen molar-refractivity contribution in [1.82, 2.24) is 4.98 Å². The molecule has 2 heterocycles. The largest absolute Gasteiger partial charge is 0.354 e. The van der Waals surface area contributed by atoms with Gasteiger partial charge in [0.2, 0.25) is 0 Å². The Labute approximate surface area is 398 Å². The van der Waals surface area contributed by atoms with Crippen LogP contribution < -0.4 is 9.80 Å². The first-order chi connectivity index (χ1) is 32.5. The standard InChI is InChI=1S/C63H53N3S/c1-61(2,3)41-30-34-44(35-31-41)65(45-36-32-42(33-37-45)62(4,5)6)55-27-16-25-53-59(55)60-54(64-53)26-17-28-56(60)66(43-18-8-7-9-19-43)46-38-39-58-52(40-46)63(51-24-14-15-29-57(51)67-58)49-22-12-10-20-47(49)48-21-11-13-23-50(48)63/h7-40,64H,1-6H3. The highest BCUT2D eigenvalue weighted by molar-refractivity contribution is 7.99. The lowest BCUT2D eigenvalue weighted by Crippen LogP contribution is -2.32. The molecular weight excluding hydrogens is 831 g/mol. The quantitative estimate of drug-likeness (QED) is 0.180. The van der Waals surface area contributed by atoms with Crippen molar-refractivity contribution in [1.29, 1.82) is 0 Å². The monoisotopic (exact) mass is 883 g/mol. The fourth-order valence-electron chi connectivity index (χ4n) is 11.0. The molecule has 1 aliphatic heterocycles. The average Bonchev–Trinajstić information content (AvgIpc) is 3.87. The van der Waals surface area contributed by atoms with Gasteiger partial charge in [-0.25, -0.2) is 0 Å². The van der Waals surface area contributed by atoms with Gasteiger partial charge in [-0.1, -0.05) is 175 Å². The minimum absolute atomic E-state index is 0.0350. The maximum absolute atomic E-state index is 3.90. The Morgan fingerprint density at radius 2 is 0.806 bits per heavy atom. The number of aromatic nitrogens is 1. The lowest BCUT2D eigenvalue weighted by molar-refractivity contribution is 0.590. The van der Waals surface area contributed by atoms with Crippen molar-refractivity contribution in [3.63, 3.8) is 0 Å². The SMILES string of the molecule is CC(C)(C)c1ccc(N(c2ccc(C(C)(C)C)cc2)c2cccc3[nH]c4cccc(N(c5ccccc5)c5ccc6c(c5)C5(c7ccccc7S6)c6ccccc6-c6ccccc65)c4c23)cc1. The van der Waals surface area contributed by atoms with Crippen molar-refractivity contribution in [3.05, 3.63) is 240 Å². The number of anilines is 6. The van der Waals surface area contributed by atoms with E-state index in [-0.39, 0.29) is 10.8 Å². The summed E-state index contributed by atoms with van der Waals surface area (Å²) >= 11 is 1.89. The molecule has 0 atom stereocenters. The summed E-state index contributed by atoms with van der Waals surface area (Å²) in [6, 6.07) is 77.1. The van der Waals surface area contributed by atoms with Gasteiger partial charge in [0.1, 0.15) is 0 Å². The van der Waals surface area contributed by atoms with Crippen molar-refractivity contribution in [2.24, 2.45) is 0 Å². The van der Waals surface area contributed by atoms with Gasteiger partial charge in [-0.2, -0.15) is 0 Å². The van der Waals surface area contributed by atoms with E-state index in [4.69, 9.17) is 0 Å². The van der Waals surface area contributed by atoms with Gasteiger partial charge < -0.3 is 14.8 Å². The second-order valence-corrected chi connectivity index (χ2v) is 21.3. The normalized spacial score (nSPS) is 13.6. The molecule has 1 spiro atoms. The highest BCUT2D eigenvalue weighted by Gasteiger charge is 2.50. The smallest absolute Gasteiger partial charge is 0.0736 e. The zero-order chi connectivity index (χ0) is 45.7. The number of fused-ring (bicyclic) bond motifs is 12. The third-order valence-corrected chi connectivity index (χ3v) is 15.3. The summed E-state index contributed by atoms with van der Waals surface area (Å²) in [6.07, 6.45) is 0. The molecule has 0 saturated carbocycles. The van der Waals surface area contributed by atoms with Crippen molar-refractivity contribution in [2.45, 2.75) is 67.6 Å². The van der Waals surface area contributed by atoms with E-state index in [1.165, 1.54) is 65.1 Å². The second-order valence-electron chi connectivity index (χ2n) is 20.2. The molecule has 326 valence electrons. The van der Waals surface area contributed by atoms with Crippen LogP contribution >= 0.6 is 11.8 Å². The molecule has 3 nitrogen and oxygen atoms in total. The molecule has 0 radical (unpaired) electrons. The zero-order valence-corrected chi connectivity index (χ0v) is 39.7. The first kappa shape index (κ1) is 41.2. The van der Waals surface area contributed by atoms with Crippen LogP contribution in [0.25, 0.3) is 32.9 Å². The van der Waals surface area contributed by atoms with Crippen LogP contribution in [0.15, 0.2) is 216 Å². The van der Waals surface area contributed by atoms with Crippen LogP contribution in [0, 0.1) is 0 Å². The fraction of sp³-hybridized carbons (Fsp3) is 0.143. The number of aromatic amines is 1. The molecule has 10 aromatic rings. The van der Waals surface area contributed by atoms with E-state index >= 15 is 0 Å². The summed E-state index contributed by atoms with van der Waals surface area (Å²) < 4.78 is 0. The lowest BCUT2D eigenvalue weighted by atomic mass is 9.67. The van der Waals surface area contributed by atoms with Gasteiger partial charge in [0, 0.05) is 54.3 Å². The second kappa shape index (κ2) is 15.4. The number of hydrogen-bond acceptors (Lipinski definition) is 3. The molecule has 0 bridgehead atoms. The predicted molar refractivity (Wildman–Crippen MR) is 284 cm³/mol. The van der Waals surface area contributed by atoms with E-state index in [1.807, 2.05) is 11.8 Å². The first-order valence-corrected chi connectivity index (χ1v) is 24.3. The molecule has 0 saturated heterocycles. The van der Waals surface area contributed by atoms with Gasteiger partial charge >= 0.3 is 0 Å². The highest BCUT2D eigenvalue weighted by atomic mass is 32.2. The minimum atomic E-state index is -0.492. The molecule has 1 aromatic heterocycles. The number of benzene rings is 9. The van der Waals surface area contributed by atoms with E-state index in [0.717, 1.165) is 45.2 Å². The number of H-pyrrole nitrogens is 1. The molecule has 12 rings (SSSR count). The van der Waals surface area contributed by atoms with E-state index in [2.05, 4.69) is 263 Å². The Morgan fingerprint density at radius 3 is 1.34 bits per heavy atom. The van der Waals surface area contributed by atoms with E-state index in [9.17, 15) is 0 Å². The van der Waals surface area contributed by atoms with Gasteiger partial charge in [0.15, 0.2) is 0 Å². The maximum Gasteiger partial charge on any atom is 0.0736 e. The number of nitrogens with one attached hydrogen (secondary N) is 1. The molecule has 1 N–H and O–H groups in total. The van der Waals surface area contributed by atoms with Crippen LogP contribution in [0.1, 0.15) is 74.9 Å². The molecule has 9 aromatic carbocycles.